The van der Waals surface area contributed by atoms with Crippen LogP contribution in [0.5, 0.6) is 11.5 Å². The summed E-state index contributed by atoms with van der Waals surface area (Å²) in [6, 6.07) is 26.9. The average Bonchev–Trinajstić information content (AvgIpc) is 3.03. The van der Waals surface area contributed by atoms with E-state index in [1.165, 1.54) is 37.6 Å². The minimum absolute atomic E-state index is 0.0143. The van der Waals surface area contributed by atoms with Gasteiger partial charge in [0.05, 0.1) is 19.5 Å². The number of benzene rings is 4. The van der Waals surface area contributed by atoms with Gasteiger partial charge in [-0.2, -0.15) is 0 Å². The number of hydrogen-bond donors (Lipinski definition) is 3. The summed E-state index contributed by atoms with van der Waals surface area (Å²) in [7, 11) is 3.03. The van der Waals surface area contributed by atoms with E-state index in [4.69, 9.17) is 9.47 Å². The van der Waals surface area contributed by atoms with Gasteiger partial charge >= 0.3 is 0 Å². The van der Waals surface area contributed by atoms with E-state index in [0.717, 1.165) is 16.1 Å². The number of ether oxygens (including phenoxy) is 2. The van der Waals surface area contributed by atoms with Crippen molar-refractivity contribution in [3.63, 3.8) is 0 Å². The first-order chi connectivity index (χ1) is 21.2. The lowest BCUT2D eigenvalue weighted by Crippen LogP contribution is -2.30. The second-order valence-corrected chi connectivity index (χ2v) is 11.4. The van der Waals surface area contributed by atoms with Crippen LogP contribution in [0.15, 0.2) is 102 Å². The van der Waals surface area contributed by atoms with Crippen molar-refractivity contribution in [2.75, 3.05) is 24.9 Å². The lowest BCUT2D eigenvalue weighted by Gasteiger charge is -2.15. The standard InChI is InChI=1S/C35H35N3O5S/c1-22-14-15-28(20-23(22)2)37-33(39)24(3)44-29-18-16-27(17-19-29)36-35(41)30(38-34(40)25-10-7-6-8-11-25)21-26-12-9-13-31(42-4)32(26)43-5/h6-21,24H,1-5H3,(H,36,41)(H,37,39)(H,38,40)/b30-21-. The van der Waals surface area contributed by atoms with Gasteiger partial charge in [-0.3, -0.25) is 14.4 Å². The molecule has 0 saturated heterocycles. The minimum atomic E-state index is -0.527. The monoisotopic (exact) mass is 609 g/mol. The minimum Gasteiger partial charge on any atom is -0.493 e. The Morgan fingerprint density at radius 2 is 1.48 bits per heavy atom. The second kappa shape index (κ2) is 14.9. The van der Waals surface area contributed by atoms with Gasteiger partial charge in [0, 0.05) is 27.4 Å². The Hall–Kier alpha value is -5.02. The van der Waals surface area contributed by atoms with Crippen LogP contribution in [0.3, 0.4) is 0 Å². The molecule has 0 saturated carbocycles. The van der Waals surface area contributed by atoms with Gasteiger partial charge < -0.3 is 25.4 Å². The first-order valence-electron chi connectivity index (χ1n) is 13.9. The highest BCUT2D eigenvalue weighted by Gasteiger charge is 2.18. The van der Waals surface area contributed by atoms with Crippen molar-refractivity contribution < 1.29 is 23.9 Å². The average molecular weight is 610 g/mol. The van der Waals surface area contributed by atoms with Crippen molar-refractivity contribution in [3.05, 3.63) is 119 Å². The zero-order valence-electron chi connectivity index (χ0n) is 25.3. The van der Waals surface area contributed by atoms with Crippen molar-refractivity contribution in [1.29, 1.82) is 0 Å². The number of thioether (sulfide) groups is 1. The number of rotatable bonds is 11. The highest BCUT2D eigenvalue weighted by molar-refractivity contribution is 8.00. The zero-order valence-corrected chi connectivity index (χ0v) is 26.1. The maximum atomic E-state index is 13.5. The predicted octanol–water partition coefficient (Wildman–Crippen LogP) is 6.85. The van der Waals surface area contributed by atoms with Crippen LogP contribution in [0, 0.1) is 13.8 Å². The molecular formula is C35H35N3O5S. The molecule has 0 spiro atoms. The molecule has 4 rings (SSSR count). The molecule has 0 aromatic heterocycles. The van der Waals surface area contributed by atoms with E-state index >= 15 is 0 Å². The number of methoxy groups -OCH3 is 2. The molecule has 4 aromatic carbocycles. The number of carbonyl (C=O) groups is 3. The van der Waals surface area contributed by atoms with E-state index in [1.54, 1.807) is 60.7 Å². The molecule has 44 heavy (non-hydrogen) atoms. The molecule has 1 unspecified atom stereocenters. The number of amides is 3. The Bertz CT molecular complexity index is 1670. The van der Waals surface area contributed by atoms with Gasteiger partial charge in [0.2, 0.25) is 5.91 Å². The number of anilines is 2. The van der Waals surface area contributed by atoms with Gasteiger partial charge in [0.15, 0.2) is 11.5 Å². The van der Waals surface area contributed by atoms with E-state index < -0.39 is 11.8 Å². The van der Waals surface area contributed by atoms with Gasteiger partial charge in [0.1, 0.15) is 5.70 Å². The Labute approximate surface area is 261 Å². The molecule has 4 aromatic rings. The van der Waals surface area contributed by atoms with Gasteiger partial charge in [-0.15, -0.1) is 11.8 Å². The van der Waals surface area contributed by atoms with Crippen molar-refractivity contribution in [2.45, 2.75) is 30.9 Å². The van der Waals surface area contributed by atoms with Gasteiger partial charge in [-0.1, -0.05) is 36.4 Å². The van der Waals surface area contributed by atoms with Crippen LogP contribution in [-0.4, -0.2) is 37.2 Å². The van der Waals surface area contributed by atoms with Crippen LogP contribution >= 0.6 is 11.8 Å². The van der Waals surface area contributed by atoms with Crippen molar-refractivity contribution in [1.82, 2.24) is 5.32 Å². The molecule has 0 aliphatic rings. The van der Waals surface area contributed by atoms with E-state index in [1.807, 2.05) is 51.1 Å². The summed E-state index contributed by atoms with van der Waals surface area (Å²) in [6.07, 6.45) is 1.54. The molecule has 3 N–H and O–H groups in total. The highest BCUT2D eigenvalue weighted by Crippen LogP contribution is 2.32. The van der Waals surface area contributed by atoms with Crippen LogP contribution in [0.4, 0.5) is 11.4 Å². The predicted molar refractivity (Wildman–Crippen MR) is 176 cm³/mol. The first-order valence-corrected chi connectivity index (χ1v) is 14.8. The third-order valence-electron chi connectivity index (χ3n) is 6.83. The van der Waals surface area contributed by atoms with Crippen molar-refractivity contribution in [2.24, 2.45) is 0 Å². The number of para-hydroxylation sites is 1. The molecule has 226 valence electrons. The summed E-state index contributed by atoms with van der Waals surface area (Å²) in [5, 5.41) is 8.20. The topological polar surface area (TPSA) is 106 Å². The number of carbonyl (C=O) groups excluding carboxylic acids is 3. The van der Waals surface area contributed by atoms with Crippen molar-refractivity contribution >= 4 is 46.9 Å². The van der Waals surface area contributed by atoms with Gasteiger partial charge in [-0.05, 0) is 92.6 Å². The molecule has 1 atom stereocenters. The quantitative estimate of drug-likeness (QED) is 0.127. The third kappa shape index (κ3) is 8.29. The molecule has 0 bridgehead atoms. The maximum absolute atomic E-state index is 13.5. The van der Waals surface area contributed by atoms with E-state index in [-0.39, 0.29) is 16.9 Å². The lowest BCUT2D eigenvalue weighted by atomic mass is 10.1. The Morgan fingerprint density at radius 1 is 0.773 bits per heavy atom. The fourth-order valence-corrected chi connectivity index (χ4v) is 5.13. The second-order valence-electron chi connectivity index (χ2n) is 9.99. The van der Waals surface area contributed by atoms with E-state index in [2.05, 4.69) is 16.0 Å². The Morgan fingerprint density at radius 3 is 2.14 bits per heavy atom. The smallest absolute Gasteiger partial charge is 0.272 e. The third-order valence-corrected chi connectivity index (χ3v) is 7.94. The fraction of sp³-hybridized carbons (Fsp3) is 0.171. The number of hydrogen-bond acceptors (Lipinski definition) is 6. The Balaban J connectivity index is 1.48. The van der Waals surface area contributed by atoms with E-state index in [0.29, 0.717) is 28.3 Å². The fourth-order valence-electron chi connectivity index (χ4n) is 4.26. The van der Waals surface area contributed by atoms with Gasteiger partial charge in [0.25, 0.3) is 11.8 Å². The highest BCUT2D eigenvalue weighted by atomic mass is 32.2. The number of aryl methyl sites for hydroxylation is 2. The SMILES string of the molecule is COc1cccc(/C=C(\NC(=O)c2ccccc2)C(=O)Nc2ccc(SC(C)C(=O)Nc3ccc(C)c(C)c3)cc2)c1OC. The molecular weight excluding hydrogens is 574 g/mol. The zero-order chi connectivity index (χ0) is 31.6. The van der Waals surface area contributed by atoms with Crippen LogP contribution in [0.25, 0.3) is 6.08 Å². The summed E-state index contributed by atoms with van der Waals surface area (Å²) in [5.41, 5.74) is 4.52. The molecule has 9 heteroatoms. The first kappa shape index (κ1) is 31.9. The molecule has 0 aliphatic heterocycles. The van der Waals surface area contributed by atoms with Crippen LogP contribution in [0.1, 0.15) is 34.0 Å². The lowest BCUT2D eigenvalue weighted by molar-refractivity contribution is -0.115. The molecule has 3 amide bonds. The maximum Gasteiger partial charge on any atom is 0.272 e. The summed E-state index contributed by atoms with van der Waals surface area (Å²) >= 11 is 1.41. The van der Waals surface area contributed by atoms with Crippen molar-refractivity contribution in [3.8, 4) is 11.5 Å². The summed E-state index contributed by atoms with van der Waals surface area (Å²) in [6.45, 7) is 5.88. The molecule has 0 aliphatic carbocycles. The Kier molecular flexibility index (Phi) is 10.8. The van der Waals surface area contributed by atoms with Crippen LogP contribution in [0.2, 0.25) is 0 Å². The van der Waals surface area contributed by atoms with Crippen LogP contribution in [-0.2, 0) is 9.59 Å². The summed E-state index contributed by atoms with van der Waals surface area (Å²) in [5.74, 6) is -0.159. The summed E-state index contributed by atoms with van der Waals surface area (Å²) in [4.78, 5) is 40.1. The molecule has 0 fully saturated rings. The molecule has 0 heterocycles. The van der Waals surface area contributed by atoms with Gasteiger partial charge in [-0.25, -0.2) is 0 Å². The van der Waals surface area contributed by atoms with E-state index in [9.17, 15) is 14.4 Å². The van der Waals surface area contributed by atoms with Crippen LogP contribution < -0.4 is 25.4 Å². The molecule has 8 nitrogen and oxygen atoms in total. The summed E-state index contributed by atoms with van der Waals surface area (Å²) < 4.78 is 10.9. The normalized spacial score (nSPS) is 11.7. The number of nitrogens with one attached hydrogen (secondary N) is 3. The molecule has 0 radical (unpaired) electrons. The largest absolute Gasteiger partial charge is 0.493 e.